The minimum absolute atomic E-state index is 0. The normalized spacial score (nSPS) is 5.00. The van der Waals surface area contributed by atoms with Crippen molar-refractivity contribution in [2.75, 3.05) is 0 Å². The molecule has 8 heavy (non-hydrogen) atoms. The molecule has 0 spiro atoms. The predicted octanol–water partition coefficient (Wildman–Crippen LogP) is -0.733. The number of hydrogen-bond donors (Lipinski definition) is 1. The maximum absolute atomic E-state index is 3.67. The van der Waals surface area contributed by atoms with Crippen LogP contribution < -0.4 is 0 Å². The molecule has 0 aliphatic carbocycles. The van der Waals surface area contributed by atoms with Gasteiger partial charge in [0.1, 0.15) is 0 Å². The molecule has 0 amide bonds. The Labute approximate surface area is 84.8 Å². The summed E-state index contributed by atoms with van der Waals surface area (Å²) in [6.07, 6.45) is 5.08. The molecule has 1 aromatic heterocycles. The molecule has 5 heteroatoms. The van der Waals surface area contributed by atoms with Crippen LogP contribution in [0.5, 0.6) is 0 Å². The van der Waals surface area contributed by atoms with Crippen LogP contribution in [0.4, 0.5) is 0 Å². The van der Waals surface area contributed by atoms with Gasteiger partial charge >= 0.3 is 0 Å². The van der Waals surface area contributed by atoms with Gasteiger partial charge in [0.05, 0.1) is 6.33 Å². The number of H-pyrrole nitrogens is 1. The van der Waals surface area contributed by atoms with Gasteiger partial charge in [0.25, 0.3) is 0 Å². The number of imidazole rings is 1. The summed E-state index contributed by atoms with van der Waals surface area (Å²) >= 11 is 0. The van der Waals surface area contributed by atoms with E-state index < -0.39 is 0 Å². The Morgan fingerprint density at radius 1 is 1.12 bits per heavy atom. The molecule has 1 N–H and O–H groups in total. The van der Waals surface area contributed by atoms with Crippen LogP contribution in [-0.2, 0) is 0 Å². The third kappa shape index (κ3) is 7.00. The summed E-state index contributed by atoms with van der Waals surface area (Å²) < 4.78 is 0. The smallest absolute Gasteiger partial charge is 0.0919 e. The molecule has 1 heterocycles. The minimum Gasteiger partial charge on any atom is -0.351 e. The molecule has 0 aliphatic heterocycles. The number of rotatable bonds is 0. The topological polar surface area (TPSA) is 28.7 Å². The fourth-order valence-corrected chi connectivity index (χ4v) is 0.215. The third-order valence-corrected chi connectivity index (χ3v) is 0.406. The first-order valence-electron chi connectivity index (χ1n) is 1.43. The van der Waals surface area contributed by atoms with Gasteiger partial charge in [-0.05, 0) is 0 Å². The second-order valence-electron chi connectivity index (χ2n) is 0.761. The molecule has 1 rings (SSSR count). The zero-order chi connectivity index (χ0) is 3.54. The Morgan fingerprint density at radius 2 is 1.75 bits per heavy atom. The molecule has 2 nitrogen and oxygen atoms in total. The SMILES string of the molecule is [Li].[Li].[Li].c1c[nH]cn1. The van der Waals surface area contributed by atoms with E-state index in [4.69, 9.17) is 0 Å². The van der Waals surface area contributed by atoms with Gasteiger partial charge in [0.2, 0.25) is 0 Å². The minimum atomic E-state index is 0. The molecule has 0 bridgehead atoms. The molecular formula is C3H4Li3N2. The van der Waals surface area contributed by atoms with Crippen molar-refractivity contribution in [2.45, 2.75) is 0 Å². The van der Waals surface area contributed by atoms with Gasteiger partial charge in [-0.25, -0.2) is 4.98 Å². The quantitative estimate of drug-likeness (QED) is 0.417. The van der Waals surface area contributed by atoms with Crippen molar-refractivity contribution >= 4 is 56.6 Å². The average Bonchev–Trinajstić information content (AvgIpc) is 1.76. The number of aromatic nitrogens is 2. The second kappa shape index (κ2) is 10.9. The van der Waals surface area contributed by atoms with E-state index in [0.717, 1.165) is 0 Å². The van der Waals surface area contributed by atoms with Crippen LogP contribution in [0.3, 0.4) is 0 Å². The Balaban J connectivity index is -0.0000000833. The van der Waals surface area contributed by atoms with Gasteiger partial charge in [-0.3, -0.25) is 0 Å². The average molecular weight is 88.9 g/mol. The summed E-state index contributed by atoms with van der Waals surface area (Å²) in [5.74, 6) is 0. The van der Waals surface area contributed by atoms with Crippen molar-refractivity contribution in [2.24, 2.45) is 0 Å². The van der Waals surface area contributed by atoms with E-state index in [1.165, 1.54) is 0 Å². The predicted molar refractivity (Wildman–Crippen MR) is 35.8 cm³/mol. The maximum Gasteiger partial charge on any atom is 0.0919 e. The fraction of sp³-hybridized carbons (Fsp3) is 0. The summed E-state index contributed by atoms with van der Waals surface area (Å²) in [4.78, 5) is 6.42. The van der Waals surface area contributed by atoms with Crippen LogP contribution in [0.1, 0.15) is 0 Å². The van der Waals surface area contributed by atoms with E-state index in [9.17, 15) is 0 Å². The third-order valence-electron chi connectivity index (χ3n) is 0.406. The van der Waals surface area contributed by atoms with Gasteiger partial charge in [0.15, 0.2) is 0 Å². The van der Waals surface area contributed by atoms with Crippen molar-refractivity contribution in [3.8, 4) is 0 Å². The molecule has 0 aromatic carbocycles. The van der Waals surface area contributed by atoms with Crippen molar-refractivity contribution in [3.05, 3.63) is 18.7 Å². The Bertz CT molecular complexity index is 69.0. The largest absolute Gasteiger partial charge is 0.351 e. The van der Waals surface area contributed by atoms with Gasteiger partial charge < -0.3 is 4.98 Å². The van der Waals surface area contributed by atoms with Crippen molar-refractivity contribution in [1.29, 1.82) is 0 Å². The fourth-order valence-electron chi connectivity index (χ4n) is 0.215. The van der Waals surface area contributed by atoms with E-state index in [1.54, 1.807) is 18.7 Å². The van der Waals surface area contributed by atoms with E-state index in [0.29, 0.717) is 0 Å². The van der Waals surface area contributed by atoms with E-state index in [1.807, 2.05) is 0 Å². The zero-order valence-corrected chi connectivity index (χ0v) is 5.68. The first kappa shape index (κ1) is 16.0. The molecule has 0 unspecified atom stereocenters. The van der Waals surface area contributed by atoms with Gasteiger partial charge in [0, 0.05) is 69.0 Å². The van der Waals surface area contributed by atoms with Crippen LogP contribution in [0.15, 0.2) is 18.7 Å². The molecular weight excluding hydrogens is 84.9 g/mol. The summed E-state index contributed by atoms with van der Waals surface area (Å²) in [5.41, 5.74) is 0. The van der Waals surface area contributed by atoms with E-state index in [2.05, 4.69) is 9.97 Å². The van der Waals surface area contributed by atoms with Crippen LogP contribution >= 0.6 is 0 Å². The van der Waals surface area contributed by atoms with Crippen molar-refractivity contribution in [1.82, 2.24) is 9.97 Å². The summed E-state index contributed by atoms with van der Waals surface area (Å²) in [6, 6.07) is 0. The number of nitrogens with zero attached hydrogens (tertiary/aromatic N) is 1. The van der Waals surface area contributed by atoms with Crippen molar-refractivity contribution in [3.63, 3.8) is 0 Å². The number of aromatic amines is 1. The number of hydrogen-bond acceptors (Lipinski definition) is 1. The molecule has 0 saturated carbocycles. The Hall–Kier alpha value is 1.00. The van der Waals surface area contributed by atoms with Crippen molar-refractivity contribution < 1.29 is 0 Å². The first-order valence-corrected chi connectivity index (χ1v) is 1.43. The molecule has 0 fully saturated rings. The zero-order valence-electron chi connectivity index (χ0n) is 5.68. The number of nitrogens with one attached hydrogen (secondary N) is 1. The molecule has 1 aromatic rings. The van der Waals surface area contributed by atoms with E-state index in [-0.39, 0.29) is 56.6 Å². The molecule has 29 valence electrons. The standard InChI is InChI=1S/C3H4N2.3Li/c1-2-5-3-4-1;;;/h1-3H,(H,4,5);;;. The van der Waals surface area contributed by atoms with Gasteiger partial charge in [-0.15, -0.1) is 0 Å². The molecule has 0 aliphatic rings. The molecule has 0 saturated heterocycles. The Morgan fingerprint density at radius 3 is 1.88 bits per heavy atom. The van der Waals surface area contributed by atoms with Crippen LogP contribution in [0.2, 0.25) is 0 Å². The molecule has 0 atom stereocenters. The van der Waals surface area contributed by atoms with Crippen LogP contribution in [0, 0.1) is 0 Å². The first-order chi connectivity index (χ1) is 2.50. The van der Waals surface area contributed by atoms with Gasteiger partial charge in [-0.1, -0.05) is 0 Å². The van der Waals surface area contributed by atoms with Crippen LogP contribution in [0.25, 0.3) is 0 Å². The summed E-state index contributed by atoms with van der Waals surface area (Å²) in [5, 5.41) is 0. The maximum atomic E-state index is 3.67. The monoisotopic (exact) mass is 89.1 g/mol. The van der Waals surface area contributed by atoms with Crippen LogP contribution in [-0.4, -0.2) is 66.5 Å². The van der Waals surface area contributed by atoms with Gasteiger partial charge in [-0.2, -0.15) is 0 Å². The Kier molecular flexibility index (Phi) is 21.8. The summed E-state index contributed by atoms with van der Waals surface area (Å²) in [6.45, 7) is 0. The van der Waals surface area contributed by atoms with E-state index >= 15 is 0 Å². The molecule has 3 radical (unpaired) electrons. The second-order valence-corrected chi connectivity index (χ2v) is 0.761. The summed E-state index contributed by atoms with van der Waals surface area (Å²) in [7, 11) is 0.